The summed E-state index contributed by atoms with van der Waals surface area (Å²) in [6.45, 7) is 6.23. The van der Waals surface area contributed by atoms with Gasteiger partial charge in [0.05, 0.1) is 25.3 Å². The molecule has 0 bridgehead atoms. The lowest BCUT2D eigenvalue weighted by Gasteiger charge is -2.37. The van der Waals surface area contributed by atoms with Gasteiger partial charge in [-0.05, 0) is 18.6 Å². The SMILES string of the molecule is c1ccc2c(NCC(C3CCOC3)N3CCOCC3)ncnc2c1. The van der Waals surface area contributed by atoms with Crippen LogP contribution in [0.5, 0.6) is 0 Å². The number of hydrogen-bond acceptors (Lipinski definition) is 6. The van der Waals surface area contributed by atoms with Gasteiger partial charge in [0.1, 0.15) is 12.1 Å². The van der Waals surface area contributed by atoms with Crippen molar-refractivity contribution in [1.82, 2.24) is 14.9 Å². The van der Waals surface area contributed by atoms with E-state index in [0.717, 1.165) is 69.2 Å². The first-order chi connectivity index (χ1) is 11.9. The van der Waals surface area contributed by atoms with Gasteiger partial charge in [0.15, 0.2) is 0 Å². The summed E-state index contributed by atoms with van der Waals surface area (Å²) < 4.78 is 11.2. The van der Waals surface area contributed by atoms with Crippen molar-refractivity contribution < 1.29 is 9.47 Å². The molecular formula is C18H24N4O2. The minimum atomic E-state index is 0.449. The molecule has 0 radical (unpaired) electrons. The molecule has 4 rings (SSSR count). The van der Waals surface area contributed by atoms with E-state index in [1.165, 1.54) is 0 Å². The molecule has 2 aliphatic heterocycles. The Morgan fingerprint density at radius 1 is 1.12 bits per heavy atom. The third-order valence-electron chi connectivity index (χ3n) is 5.05. The molecule has 2 fully saturated rings. The number of benzene rings is 1. The third kappa shape index (κ3) is 3.36. The molecular weight excluding hydrogens is 304 g/mol. The predicted octanol–water partition coefficient (Wildman–Crippen LogP) is 1.78. The maximum Gasteiger partial charge on any atom is 0.137 e. The molecule has 24 heavy (non-hydrogen) atoms. The van der Waals surface area contributed by atoms with Gasteiger partial charge in [-0.15, -0.1) is 0 Å². The number of nitrogens with one attached hydrogen (secondary N) is 1. The van der Waals surface area contributed by atoms with Crippen LogP contribution >= 0.6 is 0 Å². The Bertz CT molecular complexity index is 664. The molecule has 128 valence electrons. The van der Waals surface area contributed by atoms with E-state index in [-0.39, 0.29) is 0 Å². The van der Waals surface area contributed by atoms with E-state index < -0.39 is 0 Å². The maximum atomic E-state index is 5.64. The molecule has 6 nitrogen and oxygen atoms in total. The second-order valence-electron chi connectivity index (χ2n) is 6.46. The quantitative estimate of drug-likeness (QED) is 0.903. The molecule has 2 aliphatic rings. The molecule has 0 aliphatic carbocycles. The molecule has 1 aromatic heterocycles. The van der Waals surface area contributed by atoms with Crippen LogP contribution in [0.2, 0.25) is 0 Å². The zero-order valence-corrected chi connectivity index (χ0v) is 13.9. The van der Waals surface area contributed by atoms with Gasteiger partial charge in [0.2, 0.25) is 0 Å². The van der Waals surface area contributed by atoms with E-state index in [1.807, 2.05) is 18.2 Å². The van der Waals surface area contributed by atoms with Gasteiger partial charge in [0.25, 0.3) is 0 Å². The van der Waals surface area contributed by atoms with Crippen LogP contribution in [0.25, 0.3) is 10.9 Å². The average Bonchev–Trinajstić information content (AvgIpc) is 3.17. The molecule has 2 saturated heterocycles. The lowest BCUT2D eigenvalue weighted by Crippen LogP contribution is -2.50. The van der Waals surface area contributed by atoms with Crippen molar-refractivity contribution in [2.75, 3.05) is 51.4 Å². The van der Waals surface area contributed by atoms with Crippen LogP contribution in [0.1, 0.15) is 6.42 Å². The first-order valence-corrected chi connectivity index (χ1v) is 8.75. The average molecular weight is 328 g/mol. The van der Waals surface area contributed by atoms with Crippen molar-refractivity contribution in [3.05, 3.63) is 30.6 Å². The summed E-state index contributed by atoms with van der Waals surface area (Å²) in [4.78, 5) is 11.3. The fraction of sp³-hybridized carbons (Fsp3) is 0.556. The van der Waals surface area contributed by atoms with Gasteiger partial charge in [-0.2, -0.15) is 0 Å². The van der Waals surface area contributed by atoms with Crippen LogP contribution in [-0.2, 0) is 9.47 Å². The Morgan fingerprint density at radius 2 is 2.00 bits per heavy atom. The van der Waals surface area contributed by atoms with Gasteiger partial charge >= 0.3 is 0 Å². The second-order valence-corrected chi connectivity index (χ2v) is 6.46. The monoisotopic (exact) mass is 328 g/mol. The van der Waals surface area contributed by atoms with E-state index in [0.29, 0.717) is 12.0 Å². The Balaban J connectivity index is 1.51. The van der Waals surface area contributed by atoms with Gasteiger partial charge in [-0.25, -0.2) is 9.97 Å². The van der Waals surface area contributed by atoms with E-state index >= 15 is 0 Å². The number of nitrogens with zero attached hydrogens (tertiary/aromatic N) is 3. The molecule has 0 amide bonds. The van der Waals surface area contributed by atoms with E-state index in [1.54, 1.807) is 6.33 Å². The van der Waals surface area contributed by atoms with Crippen molar-refractivity contribution in [3.8, 4) is 0 Å². The number of hydrogen-bond donors (Lipinski definition) is 1. The predicted molar refractivity (Wildman–Crippen MR) is 93.1 cm³/mol. The summed E-state index contributed by atoms with van der Waals surface area (Å²) in [6.07, 6.45) is 2.77. The summed E-state index contributed by atoms with van der Waals surface area (Å²) in [6, 6.07) is 8.57. The molecule has 3 heterocycles. The highest BCUT2D eigenvalue weighted by molar-refractivity contribution is 5.88. The molecule has 2 aromatic rings. The fourth-order valence-corrected chi connectivity index (χ4v) is 3.71. The van der Waals surface area contributed by atoms with Crippen molar-refractivity contribution >= 4 is 16.7 Å². The standard InChI is InChI=1S/C18H24N4O2/c1-2-4-16-15(3-1)18(21-13-20-16)19-11-17(14-5-8-24-12-14)22-6-9-23-10-7-22/h1-4,13-14,17H,5-12H2,(H,19,20,21). The fourth-order valence-electron chi connectivity index (χ4n) is 3.71. The number of fused-ring (bicyclic) bond motifs is 1. The van der Waals surface area contributed by atoms with Crippen LogP contribution in [0.15, 0.2) is 30.6 Å². The highest BCUT2D eigenvalue weighted by atomic mass is 16.5. The van der Waals surface area contributed by atoms with Gasteiger partial charge in [-0.3, -0.25) is 4.90 Å². The van der Waals surface area contributed by atoms with E-state index in [9.17, 15) is 0 Å². The van der Waals surface area contributed by atoms with Crippen LogP contribution in [-0.4, -0.2) is 67.0 Å². The largest absolute Gasteiger partial charge is 0.381 e. The van der Waals surface area contributed by atoms with Crippen LogP contribution in [0, 0.1) is 5.92 Å². The topological polar surface area (TPSA) is 59.5 Å². The Morgan fingerprint density at radius 3 is 2.83 bits per heavy atom. The zero-order valence-electron chi connectivity index (χ0n) is 13.9. The Labute approximate surface area is 142 Å². The number of ether oxygens (including phenoxy) is 2. The van der Waals surface area contributed by atoms with Crippen LogP contribution in [0.4, 0.5) is 5.82 Å². The van der Waals surface area contributed by atoms with Crippen molar-refractivity contribution in [2.45, 2.75) is 12.5 Å². The van der Waals surface area contributed by atoms with Crippen LogP contribution < -0.4 is 5.32 Å². The molecule has 6 heteroatoms. The number of anilines is 1. The van der Waals surface area contributed by atoms with Gasteiger partial charge in [0, 0.05) is 43.6 Å². The van der Waals surface area contributed by atoms with Gasteiger partial charge in [-0.1, -0.05) is 12.1 Å². The highest BCUT2D eigenvalue weighted by Crippen LogP contribution is 2.24. The summed E-state index contributed by atoms with van der Waals surface area (Å²) in [7, 11) is 0. The second kappa shape index (κ2) is 7.42. The molecule has 1 N–H and O–H groups in total. The number of morpholine rings is 1. The minimum Gasteiger partial charge on any atom is -0.381 e. The smallest absolute Gasteiger partial charge is 0.137 e. The molecule has 1 aromatic carbocycles. The molecule has 2 atom stereocenters. The number of rotatable bonds is 5. The summed E-state index contributed by atoms with van der Waals surface area (Å²) in [5, 5.41) is 4.65. The lowest BCUT2D eigenvalue weighted by atomic mass is 9.97. The number of aromatic nitrogens is 2. The van der Waals surface area contributed by atoms with Crippen molar-refractivity contribution in [1.29, 1.82) is 0 Å². The lowest BCUT2D eigenvalue weighted by molar-refractivity contribution is 0.00460. The Kier molecular flexibility index (Phi) is 4.87. The zero-order chi connectivity index (χ0) is 16.2. The normalized spacial score (nSPS) is 23.4. The molecule has 0 spiro atoms. The Hall–Kier alpha value is -1.76. The highest BCUT2D eigenvalue weighted by Gasteiger charge is 2.31. The maximum absolute atomic E-state index is 5.64. The summed E-state index contributed by atoms with van der Waals surface area (Å²) in [5.41, 5.74) is 0.974. The van der Waals surface area contributed by atoms with E-state index in [2.05, 4.69) is 26.3 Å². The summed E-state index contributed by atoms with van der Waals surface area (Å²) >= 11 is 0. The minimum absolute atomic E-state index is 0.449. The summed E-state index contributed by atoms with van der Waals surface area (Å²) in [5.74, 6) is 1.49. The van der Waals surface area contributed by atoms with Crippen LogP contribution in [0.3, 0.4) is 0 Å². The third-order valence-corrected chi connectivity index (χ3v) is 5.05. The van der Waals surface area contributed by atoms with Crippen molar-refractivity contribution in [2.24, 2.45) is 5.92 Å². The first kappa shape index (κ1) is 15.7. The molecule has 2 unspecified atom stereocenters. The van der Waals surface area contributed by atoms with Gasteiger partial charge < -0.3 is 14.8 Å². The molecule has 0 saturated carbocycles. The number of para-hydroxylation sites is 1. The first-order valence-electron chi connectivity index (χ1n) is 8.75. The van der Waals surface area contributed by atoms with E-state index in [4.69, 9.17) is 9.47 Å². The van der Waals surface area contributed by atoms with Crippen molar-refractivity contribution in [3.63, 3.8) is 0 Å².